The second-order valence-electron chi connectivity index (χ2n) is 5.02. The van der Waals surface area contributed by atoms with Crippen molar-refractivity contribution in [3.8, 4) is 11.5 Å². The predicted molar refractivity (Wildman–Crippen MR) is 86.7 cm³/mol. The molecule has 0 aliphatic heterocycles. The van der Waals surface area contributed by atoms with Gasteiger partial charge < -0.3 is 10.2 Å². The quantitative estimate of drug-likeness (QED) is 0.399. The zero-order valence-electron chi connectivity index (χ0n) is 12.4. The summed E-state index contributed by atoms with van der Waals surface area (Å²) in [6.45, 7) is 1.66. The van der Waals surface area contributed by atoms with E-state index in [0.717, 1.165) is 12.1 Å². The number of benzene rings is 1. The van der Waals surface area contributed by atoms with Crippen LogP contribution >= 0.6 is 12.2 Å². The maximum absolute atomic E-state index is 12.2. The maximum atomic E-state index is 12.2. The van der Waals surface area contributed by atoms with Crippen LogP contribution in [0.1, 0.15) is 11.5 Å². The highest BCUT2D eigenvalue weighted by molar-refractivity contribution is 7.89. The minimum Gasteiger partial charge on any atom is -0.504 e. The molecule has 11 heteroatoms. The summed E-state index contributed by atoms with van der Waals surface area (Å²) in [4.78, 5) is 8.19. The van der Waals surface area contributed by atoms with Crippen LogP contribution in [0.4, 0.5) is 0 Å². The Labute approximate surface area is 141 Å². The Morgan fingerprint density at radius 3 is 2.71 bits per heavy atom. The fraction of sp³-hybridized carbons (Fsp3) is 0.154. The SMILES string of the molecule is Cc1cc(=S)n2[nH]c(CNS(=O)(=O)c3ccc(O)c(O)c3)nc2n1. The molecular formula is C13H13N5O4S2. The number of phenolic OH excluding ortho intramolecular Hbond substituents is 2. The molecule has 0 fully saturated rings. The first kappa shape index (κ1) is 16.4. The Balaban J connectivity index is 1.85. The number of phenols is 2. The molecule has 3 aromatic rings. The van der Waals surface area contributed by atoms with Crippen molar-refractivity contribution in [1.82, 2.24) is 24.3 Å². The van der Waals surface area contributed by atoms with Crippen LogP contribution in [0.5, 0.6) is 11.5 Å². The minimum absolute atomic E-state index is 0.124. The number of hydrogen-bond donors (Lipinski definition) is 4. The maximum Gasteiger partial charge on any atom is 0.252 e. The molecule has 0 radical (unpaired) electrons. The van der Waals surface area contributed by atoms with Gasteiger partial charge in [0.05, 0.1) is 11.4 Å². The van der Waals surface area contributed by atoms with E-state index in [4.69, 9.17) is 12.2 Å². The van der Waals surface area contributed by atoms with Gasteiger partial charge in [0.2, 0.25) is 10.0 Å². The number of aromatic nitrogens is 4. The smallest absolute Gasteiger partial charge is 0.252 e. The summed E-state index contributed by atoms with van der Waals surface area (Å²) < 4.78 is 28.7. The highest BCUT2D eigenvalue weighted by Crippen LogP contribution is 2.26. The summed E-state index contributed by atoms with van der Waals surface area (Å²) in [5, 5.41) is 21.5. The molecule has 0 bridgehead atoms. The standard InChI is InChI=1S/C13H13N5O4S2/c1-7-4-12(23)18-13(15-7)16-11(17-18)6-14-24(21,22)8-2-3-9(19)10(20)5-8/h2-5,14,19-20H,6H2,1H3,(H,15,16,17). The fourth-order valence-electron chi connectivity index (χ4n) is 2.03. The van der Waals surface area contributed by atoms with Gasteiger partial charge in [0.1, 0.15) is 10.5 Å². The van der Waals surface area contributed by atoms with E-state index in [2.05, 4.69) is 19.8 Å². The molecule has 0 amide bonds. The molecule has 0 saturated carbocycles. The van der Waals surface area contributed by atoms with E-state index in [0.29, 0.717) is 21.9 Å². The number of H-pyrrole nitrogens is 1. The van der Waals surface area contributed by atoms with Crippen LogP contribution in [0.2, 0.25) is 0 Å². The van der Waals surface area contributed by atoms with Crippen LogP contribution in [-0.4, -0.2) is 38.2 Å². The summed E-state index contributed by atoms with van der Waals surface area (Å²) in [5.74, 6) is -0.253. The van der Waals surface area contributed by atoms with E-state index >= 15 is 0 Å². The number of aromatic amines is 1. The average molecular weight is 367 g/mol. The third kappa shape index (κ3) is 3.09. The second kappa shape index (κ2) is 5.85. The summed E-state index contributed by atoms with van der Waals surface area (Å²) in [7, 11) is -3.89. The van der Waals surface area contributed by atoms with E-state index in [1.165, 1.54) is 10.6 Å². The summed E-state index contributed by atoms with van der Waals surface area (Å²) >= 11 is 5.18. The third-order valence-electron chi connectivity index (χ3n) is 3.19. The Morgan fingerprint density at radius 2 is 2.00 bits per heavy atom. The van der Waals surface area contributed by atoms with Crippen molar-refractivity contribution in [3.05, 3.63) is 40.4 Å². The molecule has 2 heterocycles. The fourth-order valence-corrected chi connectivity index (χ4v) is 3.34. The summed E-state index contributed by atoms with van der Waals surface area (Å²) in [6, 6.07) is 4.92. The van der Waals surface area contributed by atoms with Gasteiger partial charge in [-0.2, -0.15) is 4.98 Å². The van der Waals surface area contributed by atoms with Gasteiger partial charge in [-0.15, -0.1) is 0 Å². The van der Waals surface area contributed by atoms with Crippen LogP contribution in [0.25, 0.3) is 5.78 Å². The second-order valence-corrected chi connectivity index (χ2v) is 7.20. The molecule has 0 aliphatic carbocycles. The van der Waals surface area contributed by atoms with Crippen molar-refractivity contribution >= 4 is 28.0 Å². The van der Waals surface area contributed by atoms with Crippen molar-refractivity contribution in [3.63, 3.8) is 0 Å². The Bertz CT molecular complexity index is 1090. The van der Waals surface area contributed by atoms with Gasteiger partial charge in [-0.05, 0) is 25.1 Å². The molecule has 2 aromatic heterocycles. The Morgan fingerprint density at radius 1 is 1.25 bits per heavy atom. The number of aryl methyl sites for hydroxylation is 1. The largest absolute Gasteiger partial charge is 0.504 e. The number of nitrogens with zero attached hydrogens (tertiary/aromatic N) is 3. The van der Waals surface area contributed by atoms with Gasteiger partial charge >= 0.3 is 0 Å². The molecule has 0 saturated heterocycles. The van der Waals surface area contributed by atoms with Gasteiger partial charge in [-0.25, -0.2) is 22.6 Å². The van der Waals surface area contributed by atoms with Crippen molar-refractivity contribution in [2.45, 2.75) is 18.4 Å². The van der Waals surface area contributed by atoms with E-state index in [-0.39, 0.29) is 11.4 Å². The Hall–Kier alpha value is -2.50. The molecule has 0 atom stereocenters. The average Bonchev–Trinajstić information content (AvgIpc) is 2.91. The van der Waals surface area contributed by atoms with E-state index in [1.807, 2.05) is 0 Å². The van der Waals surface area contributed by atoms with Gasteiger partial charge in [-0.1, -0.05) is 12.2 Å². The molecule has 0 spiro atoms. The van der Waals surface area contributed by atoms with Crippen molar-refractivity contribution in [1.29, 1.82) is 0 Å². The molecular weight excluding hydrogens is 354 g/mol. The first-order valence-corrected chi connectivity index (χ1v) is 8.62. The third-order valence-corrected chi connectivity index (χ3v) is 4.89. The predicted octanol–water partition coefficient (Wildman–Crippen LogP) is 0.985. The highest BCUT2D eigenvalue weighted by atomic mass is 32.2. The highest BCUT2D eigenvalue weighted by Gasteiger charge is 2.17. The van der Waals surface area contributed by atoms with Gasteiger partial charge in [0, 0.05) is 11.8 Å². The lowest BCUT2D eigenvalue weighted by Gasteiger charge is -2.06. The van der Waals surface area contributed by atoms with Crippen molar-refractivity contribution in [2.24, 2.45) is 0 Å². The molecule has 126 valence electrons. The molecule has 4 N–H and O–H groups in total. The molecule has 24 heavy (non-hydrogen) atoms. The number of rotatable bonds is 4. The number of hydrogen-bond acceptors (Lipinski definition) is 7. The Kier molecular flexibility index (Phi) is 3.99. The molecule has 1 aromatic carbocycles. The monoisotopic (exact) mass is 367 g/mol. The number of nitrogens with one attached hydrogen (secondary N) is 2. The van der Waals surface area contributed by atoms with Gasteiger partial charge in [0.15, 0.2) is 11.5 Å². The van der Waals surface area contributed by atoms with Crippen LogP contribution in [0.3, 0.4) is 0 Å². The normalized spacial score (nSPS) is 11.9. The van der Waals surface area contributed by atoms with Gasteiger partial charge in [0.25, 0.3) is 5.78 Å². The van der Waals surface area contributed by atoms with Crippen LogP contribution in [0.15, 0.2) is 29.2 Å². The van der Waals surface area contributed by atoms with E-state index in [9.17, 15) is 18.6 Å². The van der Waals surface area contributed by atoms with Crippen LogP contribution < -0.4 is 4.72 Å². The van der Waals surface area contributed by atoms with E-state index in [1.54, 1.807) is 13.0 Å². The molecule has 9 nitrogen and oxygen atoms in total. The van der Waals surface area contributed by atoms with Crippen molar-refractivity contribution in [2.75, 3.05) is 0 Å². The first-order valence-electron chi connectivity index (χ1n) is 6.73. The lowest BCUT2D eigenvalue weighted by Crippen LogP contribution is -2.23. The number of sulfonamides is 1. The summed E-state index contributed by atoms with van der Waals surface area (Å²) in [5.41, 5.74) is 0.707. The number of fused-ring (bicyclic) bond motifs is 1. The molecule has 0 aliphatic rings. The summed E-state index contributed by atoms with van der Waals surface area (Å²) in [6.07, 6.45) is 0. The minimum atomic E-state index is -3.89. The molecule has 3 rings (SSSR count). The zero-order chi connectivity index (χ0) is 17.5. The lowest BCUT2D eigenvalue weighted by atomic mass is 10.3. The van der Waals surface area contributed by atoms with E-state index < -0.39 is 21.5 Å². The number of aromatic hydroxyl groups is 2. The molecule has 0 unspecified atom stereocenters. The van der Waals surface area contributed by atoms with Crippen molar-refractivity contribution < 1.29 is 18.6 Å². The van der Waals surface area contributed by atoms with Crippen LogP contribution in [0, 0.1) is 11.6 Å². The lowest BCUT2D eigenvalue weighted by molar-refractivity contribution is 0.402. The first-order chi connectivity index (χ1) is 11.3. The van der Waals surface area contributed by atoms with Gasteiger partial charge in [-0.3, -0.25) is 5.10 Å². The zero-order valence-corrected chi connectivity index (χ0v) is 14.0. The van der Waals surface area contributed by atoms with Crippen LogP contribution in [-0.2, 0) is 16.6 Å². The topological polar surface area (TPSA) is 133 Å².